The van der Waals surface area contributed by atoms with Crippen LogP contribution in [0.15, 0.2) is 41.5 Å². The summed E-state index contributed by atoms with van der Waals surface area (Å²) in [5, 5.41) is 0.844. The van der Waals surface area contributed by atoms with E-state index in [1.54, 1.807) is 24.8 Å². The number of H-pyrrole nitrogens is 1. The van der Waals surface area contributed by atoms with E-state index in [0.29, 0.717) is 17.9 Å². The van der Waals surface area contributed by atoms with Crippen molar-refractivity contribution in [2.75, 3.05) is 6.61 Å². The molecule has 0 fully saturated rings. The molecule has 0 atom stereocenters. The lowest BCUT2D eigenvalue weighted by atomic mass is 10.1. The summed E-state index contributed by atoms with van der Waals surface area (Å²) in [5.74, 6) is -0.540. The summed E-state index contributed by atoms with van der Waals surface area (Å²) < 4.78 is 6.89. The van der Waals surface area contributed by atoms with Crippen molar-refractivity contribution in [2.24, 2.45) is 0 Å². The second-order valence-electron chi connectivity index (χ2n) is 5.73. The summed E-state index contributed by atoms with van der Waals surface area (Å²) in [6.45, 7) is 5.89. The smallest absolute Gasteiger partial charge is 0.345 e. The molecule has 0 aliphatic rings. The third-order valence-corrected chi connectivity index (χ3v) is 3.59. The van der Waals surface area contributed by atoms with Crippen molar-refractivity contribution in [2.45, 2.75) is 26.9 Å². The van der Waals surface area contributed by atoms with Gasteiger partial charge in [0.15, 0.2) is 0 Å². The first-order valence-electron chi connectivity index (χ1n) is 8.05. The maximum Gasteiger partial charge on any atom is 0.345 e. The van der Waals surface area contributed by atoms with Gasteiger partial charge in [0, 0.05) is 17.1 Å². The third-order valence-electron chi connectivity index (χ3n) is 3.59. The molecule has 0 bridgehead atoms. The number of fused-ring (bicyclic) bond motifs is 1. The second-order valence-corrected chi connectivity index (χ2v) is 5.73. The van der Waals surface area contributed by atoms with Crippen LogP contribution in [0.3, 0.4) is 0 Å². The Labute approximate surface area is 144 Å². The molecule has 25 heavy (non-hydrogen) atoms. The summed E-state index contributed by atoms with van der Waals surface area (Å²) in [5.41, 5.74) is 1.52. The molecular formula is C18H19N3O4. The normalized spacial score (nSPS) is 11.0. The van der Waals surface area contributed by atoms with Gasteiger partial charge in [0.05, 0.1) is 23.5 Å². The predicted octanol–water partition coefficient (Wildman–Crippen LogP) is 2.41. The first-order valence-corrected chi connectivity index (χ1v) is 8.05. The molecule has 3 aromatic rings. The van der Waals surface area contributed by atoms with Crippen molar-refractivity contribution < 1.29 is 14.4 Å². The van der Waals surface area contributed by atoms with Crippen molar-refractivity contribution in [3.05, 3.63) is 52.7 Å². The minimum Gasteiger partial charge on any atom is -0.459 e. The van der Waals surface area contributed by atoms with Gasteiger partial charge in [-0.05, 0) is 26.8 Å². The summed E-state index contributed by atoms with van der Waals surface area (Å²) >= 11 is 0. The Kier molecular flexibility index (Phi) is 4.56. The number of nitrogens with one attached hydrogen (secondary N) is 1. The zero-order valence-corrected chi connectivity index (χ0v) is 14.3. The zero-order chi connectivity index (χ0) is 18.0. The second kappa shape index (κ2) is 6.80. The van der Waals surface area contributed by atoms with Crippen LogP contribution in [0.2, 0.25) is 0 Å². The van der Waals surface area contributed by atoms with E-state index in [4.69, 9.17) is 9.57 Å². The molecular weight excluding hydrogens is 322 g/mol. The summed E-state index contributed by atoms with van der Waals surface area (Å²) in [7, 11) is 0. The maximum absolute atomic E-state index is 12.4. The molecule has 0 aliphatic carbocycles. The minimum absolute atomic E-state index is 0.202. The highest BCUT2D eigenvalue weighted by atomic mass is 16.7. The number of rotatable bonds is 5. The Morgan fingerprint density at radius 3 is 2.80 bits per heavy atom. The van der Waals surface area contributed by atoms with Crippen LogP contribution in [0.4, 0.5) is 0 Å². The summed E-state index contributed by atoms with van der Waals surface area (Å²) in [4.78, 5) is 36.1. The molecule has 0 unspecified atom stereocenters. The van der Waals surface area contributed by atoms with E-state index >= 15 is 0 Å². The van der Waals surface area contributed by atoms with Crippen molar-refractivity contribution in [1.29, 1.82) is 0 Å². The predicted molar refractivity (Wildman–Crippen MR) is 93.5 cm³/mol. The molecule has 1 N–H and O–H groups in total. The molecule has 0 aliphatic heterocycles. The number of nitrogens with zero attached hydrogens (tertiary/aromatic N) is 2. The number of carbonyl (C=O) groups is 1. The van der Waals surface area contributed by atoms with E-state index in [2.05, 4.69) is 9.97 Å². The number of aromatic nitrogens is 3. The van der Waals surface area contributed by atoms with E-state index in [9.17, 15) is 9.59 Å². The fraction of sp³-hybridized carbons (Fsp3) is 0.278. The molecule has 130 valence electrons. The van der Waals surface area contributed by atoms with Crippen molar-refractivity contribution in [3.63, 3.8) is 0 Å². The molecule has 0 radical (unpaired) electrons. The van der Waals surface area contributed by atoms with Crippen LogP contribution < -0.4 is 10.5 Å². The average Bonchev–Trinajstić information content (AvgIpc) is 2.93. The van der Waals surface area contributed by atoms with E-state index in [1.807, 2.05) is 31.2 Å². The van der Waals surface area contributed by atoms with Gasteiger partial charge in [-0.1, -0.05) is 18.2 Å². The van der Waals surface area contributed by atoms with Crippen LogP contribution >= 0.6 is 0 Å². The lowest BCUT2D eigenvalue weighted by molar-refractivity contribution is 0.0378. The average molecular weight is 341 g/mol. The Balaban J connectivity index is 2.23. The van der Waals surface area contributed by atoms with Gasteiger partial charge in [-0.3, -0.25) is 0 Å². The van der Waals surface area contributed by atoms with Gasteiger partial charge < -0.3 is 14.6 Å². The number of esters is 1. The molecule has 7 nitrogen and oxygen atoms in total. The van der Waals surface area contributed by atoms with Gasteiger partial charge in [-0.25, -0.2) is 14.6 Å². The number of carbonyl (C=O) groups excluding carboxylic acids is 1. The number of aromatic amines is 1. The van der Waals surface area contributed by atoms with Gasteiger partial charge in [-0.2, -0.15) is 4.73 Å². The summed E-state index contributed by atoms with van der Waals surface area (Å²) in [6.07, 6.45) is 2.70. The Morgan fingerprint density at radius 1 is 1.32 bits per heavy atom. The van der Waals surface area contributed by atoms with Gasteiger partial charge in [0.25, 0.3) is 0 Å². The lowest BCUT2D eigenvalue weighted by Gasteiger charge is -2.10. The third kappa shape index (κ3) is 3.26. The first-order chi connectivity index (χ1) is 12.0. The Hall–Kier alpha value is -3.09. The van der Waals surface area contributed by atoms with Crippen molar-refractivity contribution >= 4 is 16.9 Å². The molecule has 2 aromatic heterocycles. The standard InChI is InChI=1S/C18H19N3O4/c1-4-24-21-10-14(12-7-5-6-8-15(12)21)16-13(9-19-18(23)20-16)17(22)25-11(2)3/h5-11H,4H2,1-3H3,(H,19,20,23). The highest BCUT2D eigenvalue weighted by Crippen LogP contribution is 2.30. The molecule has 0 amide bonds. The quantitative estimate of drug-likeness (QED) is 0.720. The number of ether oxygens (including phenoxy) is 1. The van der Waals surface area contributed by atoms with Crippen LogP contribution in [0.25, 0.3) is 22.2 Å². The SMILES string of the molecule is CCOn1cc(-c2[nH]c(=O)ncc2C(=O)OC(C)C)c2ccccc21. The van der Waals surface area contributed by atoms with Crippen LogP contribution in [0.5, 0.6) is 0 Å². The number of para-hydroxylation sites is 1. The van der Waals surface area contributed by atoms with Crippen molar-refractivity contribution in [3.8, 4) is 11.3 Å². The number of hydrogen-bond acceptors (Lipinski definition) is 5. The monoisotopic (exact) mass is 341 g/mol. The fourth-order valence-electron chi connectivity index (χ4n) is 2.63. The molecule has 2 heterocycles. The highest BCUT2D eigenvalue weighted by molar-refractivity contribution is 6.02. The highest BCUT2D eigenvalue weighted by Gasteiger charge is 2.21. The van der Waals surface area contributed by atoms with E-state index < -0.39 is 11.7 Å². The van der Waals surface area contributed by atoms with E-state index in [0.717, 1.165) is 10.9 Å². The van der Waals surface area contributed by atoms with Crippen LogP contribution in [0, 0.1) is 0 Å². The molecule has 7 heteroatoms. The topological polar surface area (TPSA) is 86.2 Å². The van der Waals surface area contributed by atoms with E-state index in [1.165, 1.54) is 6.20 Å². The van der Waals surface area contributed by atoms with Gasteiger partial charge >= 0.3 is 11.7 Å². The first kappa shape index (κ1) is 16.8. The van der Waals surface area contributed by atoms with E-state index in [-0.39, 0.29) is 11.7 Å². The Morgan fingerprint density at radius 2 is 2.08 bits per heavy atom. The van der Waals surface area contributed by atoms with Gasteiger partial charge in [-0.15, -0.1) is 0 Å². The zero-order valence-electron chi connectivity index (χ0n) is 14.3. The van der Waals surface area contributed by atoms with Gasteiger partial charge in [0.2, 0.25) is 0 Å². The molecule has 3 rings (SSSR count). The van der Waals surface area contributed by atoms with Gasteiger partial charge in [0.1, 0.15) is 12.2 Å². The molecule has 0 spiro atoms. The van der Waals surface area contributed by atoms with Crippen LogP contribution in [-0.4, -0.2) is 33.4 Å². The maximum atomic E-state index is 12.4. The van der Waals surface area contributed by atoms with Crippen LogP contribution in [0.1, 0.15) is 31.1 Å². The van der Waals surface area contributed by atoms with Crippen LogP contribution in [-0.2, 0) is 4.74 Å². The lowest BCUT2D eigenvalue weighted by Crippen LogP contribution is -2.18. The molecule has 1 aromatic carbocycles. The minimum atomic E-state index is -0.540. The number of benzene rings is 1. The largest absolute Gasteiger partial charge is 0.459 e. The van der Waals surface area contributed by atoms with Crippen molar-refractivity contribution in [1.82, 2.24) is 14.7 Å². The number of hydrogen-bond donors (Lipinski definition) is 1. The Bertz CT molecular complexity index is 972. The molecule has 0 saturated carbocycles. The fourth-order valence-corrected chi connectivity index (χ4v) is 2.63. The molecule has 0 saturated heterocycles. The summed E-state index contributed by atoms with van der Waals surface area (Å²) in [6, 6.07) is 7.58.